The Hall–Kier alpha value is -7.40. The maximum absolute atomic E-state index is 4.86. The smallest absolute Gasteiger partial charge is 0.359 e. The Morgan fingerprint density at radius 1 is 0.517 bits per heavy atom. The van der Waals surface area contributed by atoms with E-state index in [4.69, 9.17) is 4.98 Å². The first-order valence-corrected chi connectivity index (χ1v) is 19.6. The summed E-state index contributed by atoms with van der Waals surface area (Å²) < 4.78 is 8.35. The van der Waals surface area contributed by atoms with E-state index in [2.05, 4.69) is 221 Å². The number of hydrogen-bond acceptors (Lipinski definition) is 2. The summed E-state index contributed by atoms with van der Waals surface area (Å²) >= 11 is 0. The largest absolute Gasteiger partial charge is 4.00 e. The van der Waals surface area contributed by atoms with E-state index < -0.39 is 0 Å². The molecular weight excluding hydrogens is 916 g/mol. The molecule has 0 amide bonds. The van der Waals surface area contributed by atoms with E-state index in [1.807, 2.05) is 33.4 Å². The molecule has 0 unspecified atom stereocenters. The van der Waals surface area contributed by atoms with Crippen molar-refractivity contribution in [3.8, 4) is 39.3 Å². The number of aromatic nitrogens is 5. The van der Waals surface area contributed by atoms with Gasteiger partial charge < -0.3 is 18.9 Å². The van der Waals surface area contributed by atoms with E-state index in [-0.39, 0.29) is 21.1 Å². The summed E-state index contributed by atoms with van der Waals surface area (Å²) in [5.74, 6) is 0. The summed E-state index contributed by atoms with van der Waals surface area (Å²) in [6.07, 6.45) is 11.3. The van der Waals surface area contributed by atoms with Gasteiger partial charge in [0.05, 0.1) is 27.9 Å². The molecule has 0 spiro atoms. The predicted octanol–water partition coefficient (Wildman–Crippen LogP) is 11.0. The van der Waals surface area contributed by atoms with E-state index in [1.165, 1.54) is 0 Å². The Morgan fingerprint density at radius 3 is 1.88 bits per heavy atom. The fourth-order valence-corrected chi connectivity index (χ4v) is 7.97. The van der Waals surface area contributed by atoms with Crippen molar-refractivity contribution in [1.29, 1.82) is 0 Å². The summed E-state index contributed by atoms with van der Waals surface area (Å²) in [5, 5.41) is 0. The molecule has 0 atom stereocenters. The number of fused-ring (bicyclic) bond motifs is 4. The van der Waals surface area contributed by atoms with Gasteiger partial charge in [0.15, 0.2) is 0 Å². The van der Waals surface area contributed by atoms with Gasteiger partial charge in [-0.2, -0.15) is 18.2 Å². The average Bonchev–Trinajstić information content (AvgIpc) is 3.93. The summed E-state index contributed by atoms with van der Waals surface area (Å²) in [6.45, 7) is 0. The van der Waals surface area contributed by atoms with Crippen LogP contribution in [0.5, 0.6) is 0 Å². The maximum atomic E-state index is 4.86. The molecule has 7 heteroatoms. The SMILES string of the molecule is [Pt+4].[c-]1c(N(c2[c-]c3c(cc2)ncc2c[n+](-c4ccccc4-c4ccccc4)[c-]n23)c2ccccc2)cccc1-n1[c-][n+](-c2ccccc2-c2ccccc2)c2ccccc21. The normalized spacial score (nSPS) is 11.2. The van der Waals surface area contributed by atoms with E-state index in [0.29, 0.717) is 0 Å². The Kier molecular flexibility index (Phi) is 9.68. The topological polar surface area (TPSA) is 33.2 Å². The Balaban J connectivity index is 0.00000433. The molecule has 0 bridgehead atoms. The number of para-hydroxylation sites is 5. The molecule has 6 nitrogen and oxygen atoms in total. The van der Waals surface area contributed by atoms with Crippen LogP contribution in [0.15, 0.2) is 207 Å². The first-order valence-electron chi connectivity index (χ1n) is 19.6. The Labute approximate surface area is 362 Å². The van der Waals surface area contributed by atoms with Gasteiger partial charge in [-0.15, -0.1) is 24.3 Å². The summed E-state index contributed by atoms with van der Waals surface area (Å²) in [6, 6.07) is 74.5. The summed E-state index contributed by atoms with van der Waals surface area (Å²) in [7, 11) is 0. The summed E-state index contributed by atoms with van der Waals surface area (Å²) in [5.41, 5.74) is 14.8. The molecule has 8 aromatic carbocycles. The van der Waals surface area contributed by atoms with Crippen molar-refractivity contribution < 1.29 is 30.2 Å². The van der Waals surface area contributed by atoms with Crippen LogP contribution in [-0.4, -0.2) is 14.0 Å². The molecule has 0 aliphatic heterocycles. The number of nitrogens with zero attached hydrogens (tertiary/aromatic N) is 6. The van der Waals surface area contributed by atoms with Gasteiger partial charge in [-0.05, 0) is 63.2 Å². The van der Waals surface area contributed by atoms with Crippen LogP contribution in [0.4, 0.5) is 17.1 Å². The predicted molar refractivity (Wildman–Crippen MR) is 233 cm³/mol. The number of hydrogen-bond donors (Lipinski definition) is 0. The van der Waals surface area contributed by atoms with E-state index in [1.54, 1.807) is 0 Å². The molecule has 11 aromatic rings. The van der Waals surface area contributed by atoms with Crippen LogP contribution in [0.1, 0.15) is 0 Å². The van der Waals surface area contributed by atoms with Crippen molar-refractivity contribution in [3.63, 3.8) is 0 Å². The van der Waals surface area contributed by atoms with Gasteiger partial charge >= 0.3 is 21.1 Å². The number of rotatable bonds is 8. The van der Waals surface area contributed by atoms with Gasteiger partial charge in [0, 0.05) is 18.1 Å². The van der Waals surface area contributed by atoms with Gasteiger partial charge in [-0.1, -0.05) is 151 Å². The van der Waals surface area contributed by atoms with Crippen molar-refractivity contribution in [2.24, 2.45) is 0 Å². The zero-order valence-corrected chi connectivity index (χ0v) is 34.4. The van der Waals surface area contributed by atoms with Crippen LogP contribution in [0.25, 0.3) is 66.9 Å². The van der Waals surface area contributed by atoms with Crippen molar-refractivity contribution in [3.05, 3.63) is 231 Å². The van der Waals surface area contributed by atoms with E-state index >= 15 is 0 Å². The molecule has 0 radical (unpaired) electrons. The van der Waals surface area contributed by atoms with E-state index in [9.17, 15) is 0 Å². The fraction of sp³-hybridized carbons (Fsp3) is 0. The molecule has 3 heterocycles. The minimum Gasteiger partial charge on any atom is -0.359 e. The van der Waals surface area contributed by atoms with Gasteiger partial charge in [-0.3, -0.25) is 9.13 Å². The quantitative estimate of drug-likeness (QED) is 0.112. The molecule has 0 aliphatic rings. The Bertz CT molecular complexity index is 3290. The number of imidazole rings is 2. The molecule has 0 fully saturated rings. The first-order chi connectivity index (χ1) is 29.3. The Morgan fingerprint density at radius 2 is 1.13 bits per heavy atom. The molecule has 0 saturated carbocycles. The zero-order valence-electron chi connectivity index (χ0n) is 32.1. The molecule has 0 N–H and O–H groups in total. The van der Waals surface area contributed by atoms with Crippen LogP contribution in [0.2, 0.25) is 0 Å². The standard InChI is InChI=1S/C53H34N6.Pt/c1-4-17-39(18-5-1)46-25-10-12-27-49(46)55-36-45-35-54-48-32-31-44(34-53(48)56(45)37-55)59(41-21-8-3-9-22-41)43-24-16-23-42(33-43)57-38-58(52-30-15-14-29-51(52)57)50-28-13-11-26-47(50)40-19-6-2-7-20-40;/h1-32,35-36H;/q-2;+4. The third-order valence-corrected chi connectivity index (χ3v) is 10.7. The second kappa shape index (κ2) is 15.7. The van der Waals surface area contributed by atoms with Gasteiger partial charge in [0.2, 0.25) is 0 Å². The van der Waals surface area contributed by atoms with Crippen molar-refractivity contribution >= 4 is 44.6 Å². The second-order valence-corrected chi connectivity index (χ2v) is 14.3. The molecule has 11 rings (SSSR count). The van der Waals surface area contributed by atoms with Crippen LogP contribution in [0, 0.1) is 24.8 Å². The maximum Gasteiger partial charge on any atom is 4.00 e. The fourth-order valence-electron chi connectivity index (χ4n) is 7.97. The third kappa shape index (κ3) is 6.57. The molecule has 0 aliphatic carbocycles. The van der Waals surface area contributed by atoms with Crippen LogP contribution in [0.3, 0.4) is 0 Å². The van der Waals surface area contributed by atoms with Crippen molar-refractivity contribution in [2.45, 2.75) is 0 Å². The minimum absolute atomic E-state index is 0. The molecular formula is C53H34N6Pt+2. The number of anilines is 3. The van der Waals surface area contributed by atoms with E-state index in [0.717, 1.165) is 84.0 Å². The molecule has 3 aromatic heterocycles. The van der Waals surface area contributed by atoms with Gasteiger partial charge in [0.25, 0.3) is 12.7 Å². The van der Waals surface area contributed by atoms with Crippen molar-refractivity contribution in [2.75, 3.05) is 4.90 Å². The third-order valence-electron chi connectivity index (χ3n) is 10.7. The number of benzene rings is 8. The van der Waals surface area contributed by atoms with Gasteiger partial charge in [0.1, 0.15) is 0 Å². The van der Waals surface area contributed by atoms with Crippen LogP contribution < -0.4 is 14.0 Å². The van der Waals surface area contributed by atoms with Gasteiger partial charge in [-0.25, -0.2) is 0 Å². The molecule has 0 saturated heterocycles. The first kappa shape index (κ1) is 36.9. The average molecular weight is 950 g/mol. The molecule has 284 valence electrons. The van der Waals surface area contributed by atoms with Crippen LogP contribution >= 0.6 is 0 Å². The van der Waals surface area contributed by atoms with Crippen molar-refractivity contribution in [1.82, 2.24) is 14.0 Å². The monoisotopic (exact) mass is 949 g/mol. The second-order valence-electron chi connectivity index (χ2n) is 14.3. The van der Waals surface area contributed by atoms with Crippen LogP contribution in [-0.2, 0) is 21.1 Å². The minimum atomic E-state index is 0. The summed E-state index contributed by atoms with van der Waals surface area (Å²) in [4.78, 5) is 7.05. The molecule has 60 heavy (non-hydrogen) atoms. The zero-order chi connectivity index (χ0) is 39.1.